The van der Waals surface area contributed by atoms with Gasteiger partial charge in [-0.2, -0.15) is 0 Å². The number of carboxylic acid groups (broad SMARTS) is 1. The second-order valence-electron chi connectivity index (χ2n) is 7.41. The van der Waals surface area contributed by atoms with Crippen molar-refractivity contribution in [3.8, 4) is 22.8 Å². The van der Waals surface area contributed by atoms with Crippen LogP contribution in [0.2, 0.25) is 0 Å². The van der Waals surface area contributed by atoms with E-state index in [4.69, 9.17) is 9.47 Å². The molecule has 0 bridgehead atoms. The molecule has 2 heterocycles. The minimum atomic E-state index is -3.05. The fraction of sp³-hybridized carbons (Fsp3) is 0.429. The molecule has 162 valence electrons. The van der Waals surface area contributed by atoms with Crippen LogP contribution in [0.5, 0.6) is 11.5 Å². The maximum absolute atomic E-state index is 12.3. The Hall–Kier alpha value is -2.81. The fourth-order valence-electron chi connectivity index (χ4n) is 3.71. The molecule has 0 saturated carbocycles. The molecule has 0 fully saturated rings. The lowest BCUT2D eigenvalue weighted by Gasteiger charge is -2.31. The van der Waals surface area contributed by atoms with Crippen molar-refractivity contribution in [2.24, 2.45) is 0 Å². The van der Waals surface area contributed by atoms with Crippen molar-refractivity contribution in [2.45, 2.75) is 32.2 Å². The molecular formula is C21H25NO7S. The number of aromatic carboxylic acids is 1. The lowest BCUT2D eigenvalue weighted by molar-refractivity contribution is 0.0694. The van der Waals surface area contributed by atoms with Crippen molar-refractivity contribution in [3.05, 3.63) is 45.7 Å². The van der Waals surface area contributed by atoms with Gasteiger partial charge in [0.25, 0.3) is 0 Å². The van der Waals surface area contributed by atoms with Crippen LogP contribution in [0.15, 0.2) is 29.2 Å². The molecule has 1 N–H and O–H groups in total. The van der Waals surface area contributed by atoms with Gasteiger partial charge in [0.05, 0.1) is 25.2 Å². The summed E-state index contributed by atoms with van der Waals surface area (Å²) in [5, 5.41) is 9.31. The number of nitrogens with zero attached hydrogens (tertiary/aromatic N) is 1. The van der Waals surface area contributed by atoms with Crippen molar-refractivity contribution in [1.29, 1.82) is 0 Å². The number of fused-ring (bicyclic) bond motifs is 3. The second-order valence-corrected chi connectivity index (χ2v) is 9.67. The molecule has 2 aromatic rings. The zero-order valence-electron chi connectivity index (χ0n) is 17.2. The number of pyridine rings is 1. The van der Waals surface area contributed by atoms with E-state index in [1.165, 1.54) is 25.6 Å². The molecule has 0 radical (unpaired) electrons. The van der Waals surface area contributed by atoms with Gasteiger partial charge < -0.3 is 19.1 Å². The highest BCUT2D eigenvalue weighted by Crippen LogP contribution is 2.41. The van der Waals surface area contributed by atoms with E-state index in [2.05, 4.69) is 0 Å². The highest BCUT2D eigenvalue weighted by molar-refractivity contribution is 7.90. The highest BCUT2D eigenvalue weighted by atomic mass is 32.2. The quantitative estimate of drug-likeness (QED) is 0.634. The predicted octanol–water partition coefficient (Wildman–Crippen LogP) is 2.54. The van der Waals surface area contributed by atoms with Crippen LogP contribution in [0.1, 0.15) is 41.7 Å². The first-order chi connectivity index (χ1) is 14.1. The molecule has 30 heavy (non-hydrogen) atoms. The minimum Gasteiger partial charge on any atom is -0.493 e. The molecule has 8 nitrogen and oxygen atoms in total. The van der Waals surface area contributed by atoms with Crippen LogP contribution in [0.3, 0.4) is 0 Å². The van der Waals surface area contributed by atoms with E-state index in [0.717, 1.165) is 17.5 Å². The third kappa shape index (κ3) is 4.51. The van der Waals surface area contributed by atoms with Gasteiger partial charge in [-0.15, -0.1) is 0 Å². The van der Waals surface area contributed by atoms with Gasteiger partial charge >= 0.3 is 5.97 Å². The lowest BCUT2D eigenvalue weighted by Crippen LogP contribution is -2.25. The summed E-state index contributed by atoms with van der Waals surface area (Å²) in [6.45, 7) is 2.24. The lowest BCUT2D eigenvalue weighted by atomic mass is 9.90. The molecule has 9 heteroatoms. The van der Waals surface area contributed by atoms with Gasteiger partial charge in [-0.1, -0.05) is 6.92 Å². The Morgan fingerprint density at radius 3 is 2.60 bits per heavy atom. The zero-order valence-corrected chi connectivity index (χ0v) is 18.0. The number of benzene rings is 1. The average molecular weight is 435 g/mol. The van der Waals surface area contributed by atoms with Gasteiger partial charge in [0.2, 0.25) is 0 Å². The van der Waals surface area contributed by atoms with E-state index in [-0.39, 0.29) is 24.0 Å². The van der Waals surface area contributed by atoms with Crippen LogP contribution in [0.25, 0.3) is 11.3 Å². The van der Waals surface area contributed by atoms with Gasteiger partial charge in [0, 0.05) is 30.1 Å². The van der Waals surface area contributed by atoms with E-state index in [1.807, 2.05) is 17.6 Å². The molecule has 0 saturated heterocycles. The Morgan fingerprint density at radius 1 is 1.27 bits per heavy atom. The third-order valence-corrected chi connectivity index (χ3v) is 6.24. The molecule has 0 amide bonds. The average Bonchev–Trinajstić information content (AvgIpc) is 2.68. The summed E-state index contributed by atoms with van der Waals surface area (Å²) >= 11 is 0. The largest absolute Gasteiger partial charge is 0.493 e. The first kappa shape index (κ1) is 21.9. The summed E-state index contributed by atoms with van der Waals surface area (Å²) in [5.41, 5.74) is 1.59. The van der Waals surface area contributed by atoms with Crippen LogP contribution in [-0.2, 0) is 16.3 Å². The standard InChI is InChI=1S/C21H25NO7S/c1-4-14-8-13-9-20(29-6-5-7-30(3,26)27)19(28-2)10-15(13)17-11-18(23)16(21(24)25)12-22(14)17/h9-12,14H,4-8H2,1-3H3,(H,24,25). The zero-order chi connectivity index (χ0) is 22.1. The van der Waals surface area contributed by atoms with Gasteiger partial charge in [-0.05, 0) is 37.0 Å². The number of hydrogen-bond acceptors (Lipinski definition) is 6. The maximum Gasteiger partial charge on any atom is 0.341 e. The second kappa shape index (κ2) is 8.51. The summed E-state index contributed by atoms with van der Waals surface area (Å²) in [6, 6.07) is 4.99. The van der Waals surface area contributed by atoms with E-state index in [0.29, 0.717) is 30.0 Å². The molecule has 1 aromatic carbocycles. The van der Waals surface area contributed by atoms with Crippen LogP contribution in [0.4, 0.5) is 0 Å². The number of carboxylic acids is 1. The minimum absolute atomic E-state index is 0.00215. The number of sulfone groups is 1. The van der Waals surface area contributed by atoms with E-state index < -0.39 is 21.2 Å². The Kier molecular flexibility index (Phi) is 6.21. The molecule has 1 unspecified atom stereocenters. The van der Waals surface area contributed by atoms with Gasteiger partial charge in [0.1, 0.15) is 15.4 Å². The fourth-order valence-corrected chi connectivity index (χ4v) is 4.35. The van der Waals surface area contributed by atoms with Crippen molar-refractivity contribution >= 4 is 15.8 Å². The Balaban J connectivity index is 2.01. The van der Waals surface area contributed by atoms with Crippen molar-refractivity contribution < 1.29 is 27.8 Å². The Bertz CT molecular complexity index is 1130. The van der Waals surface area contributed by atoms with E-state index in [1.54, 1.807) is 6.07 Å². The van der Waals surface area contributed by atoms with Crippen LogP contribution in [0, 0.1) is 0 Å². The molecule has 1 aliphatic heterocycles. The van der Waals surface area contributed by atoms with Crippen LogP contribution < -0.4 is 14.9 Å². The maximum atomic E-state index is 12.3. The molecule has 3 rings (SSSR count). The molecular weight excluding hydrogens is 410 g/mol. The molecule has 1 aliphatic rings. The summed E-state index contributed by atoms with van der Waals surface area (Å²) in [5.74, 6) is -0.228. The third-order valence-electron chi connectivity index (χ3n) is 5.21. The summed E-state index contributed by atoms with van der Waals surface area (Å²) in [7, 11) is -1.55. The predicted molar refractivity (Wildman–Crippen MR) is 113 cm³/mol. The topological polar surface area (TPSA) is 112 Å². The van der Waals surface area contributed by atoms with E-state index in [9.17, 15) is 23.1 Å². The van der Waals surface area contributed by atoms with E-state index >= 15 is 0 Å². The van der Waals surface area contributed by atoms with Crippen molar-refractivity contribution in [2.75, 3.05) is 25.7 Å². The summed E-state index contributed by atoms with van der Waals surface area (Å²) < 4.78 is 35.7. The monoisotopic (exact) mass is 435 g/mol. The molecule has 0 spiro atoms. The van der Waals surface area contributed by atoms with Crippen molar-refractivity contribution in [1.82, 2.24) is 4.57 Å². The van der Waals surface area contributed by atoms with Gasteiger partial charge in [0.15, 0.2) is 16.9 Å². The van der Waals surface area contributed by atoms with Gasteiger partial charge in [-0.3, -0.25) is 4.79 Å². The number of methoxy groups -OCH3 is 1. The number of aromatic nitrogens is 1. The van der Waals surface area contributed by atoms with Crippen LogP contribution in [-0.4, -0.2) is 49.8 Å². The summed E-state index contributed by atoms with van der Waals surface area (Å²) in [4.78, 5) is 23.7. The smallest absolute Gasteiger partial charge is 0.341 e. The summed E-state index contributed by atoms with van der Waals surface area (Å²) in [6.07, 6.45) is 4.37. The molecule has 1 atom stereocenters. The number of ether oxygens (including phenoxy) is 2. The van der Waals surface area contributed by atoms with Crippen LogP contribution >= 0.6 is 0 Å². The number of carbonyl (C=O) groups is 1. The van der Waals surface area contributed by atoms with Crippen molar-refractivity contribution in [3.63, 3.8) is 0 Å². The Labute approximate surface area is 175 Å². The Morgan fingerprint density at radius 2 is 2.00 bits per heavy atom. The first-order valence-electron chi connectivity index (χ1n) is 9.66. The SMILES string of the molecule is CCC1Cc2cc(OCCCS(C)(=O)=O)c(OC)cc2-c2cc(=O)c(C(=O)O)cn21. The number of rotatable bonds is 8. The highest BCUT2D eigenvalue weighted by Gasteiger charge is 2.27. The number of hydrogen-bond donors (Lipinski definition) is 1. The molecule has 1 aromatic heterocycles. The molecule has 0 aliphatic carbocycles. The first-order valence-corrected chi connectivity index (χ1v) is 11.7. The normalized spacial score (nSPS) is 15.2. The van der Waals surface area contributed by atoms with Gasteiger partial charge in [-0.25, -0.2) is 13.2 Å².